The molecule has 0 aliphatic carbocycles. The lowest BCUT2D eigenvalue weighted by Crippen LogP contribution is -2.50. The molecule has 0 unspecified atom stereocenters. The number of hydrogen-bond acceptors (Lipinski definition) is 2. The molecule has 108 valence electrons. The third-order valence-corrected chi connectivity index (χ3v) is 3.61. The summed E-state index contributed by atoms with van der Waals surface area (Å²) in [4.78, 5) is 26.5. The van der Waals surface area contributed by atoms with Crippen LogP contribution in [0.2, 0.25) is 0 Å². The van der Waals surface area contributed by atoms with Crippen LogP contribution in [0.3, 0.4) is 0 Å². The van der Waals surface area contributed by atoms with E-state index >= 15 is 0 Å². The van der Waals surface area contributed by atoms with Gasteiger partial charge in [-0.25, -0.2) is 0 Å². The van der Waals surface area contributed by atoms with Crippen molar-refractivity contribution in [2.24, 2.45) is 0 Å². The summed E-state index contributed by atoms with van der Waals surface area (Å²) in [6, 6.07) is 7.23. The van der Waals surface area contributed by atoms with Gasteiger partial charge in [-0.05, 0) is 31.4 Å². The number of carbonyl (C=O) groups is 2. The molecule has 1 N–H and O–H groups in total. The molecule has 0 bridgehead atoms. The normalized spacial score (nSPS) is 18.1. The maximum Gasteiger partial charge on any atom is 0.247 e. The largest absolute Gasteiger partial charge is 0.354 e. The molecule has 1 aromatic rings. The molecule has 1 aliphatic heterocycles. The first-order valence-corrected chi connectivity index (χ1v) is 7.23. The molecule has 20 heavy (non-hydrogen) atoms. The zero-order valence-electron chi connectivity index (χ0n) is 12.3. The van der Waals surface area contributed by atoms with Crippen LogP contribution in [0.5, 0.6) is 0 Å². The summed E-state index contributed by atoms with van der Waals surface area (Å²) in [5, 5.41) is 2.92. The second-order valence-corrected chi connectivity index (χ2v) is 5.46. The first-order valence-electron chi connectivity index (χ1n) is 7.23. The number of benzene rings is 1. The van der Waals surface area contributed by atoms with E-state index in [4.69, 9.17) is 0 Å². The van der Waals surface area contributed by atoms with Crippen LogP contribution in [0.4, 0.5) is 0 Å². The number of rotatable bonds is 4. The molecular weight excluding hydrogens is 252 g/mol. The number of fused-ring (bicyclic) bond motifs is 1. The van der Waals surface area contributed by atoms with Crippen LogP contribution < -0.4 is 5.32 Å². The minimum atomic E-state index is -0.501. The highest BCUT2D eigenvalue weighted by molar-refractivity contribution is 5.92. The Morgan fingerprint density at radius 2 is 2.10 bits per heavy atom. The molecule has 0 saturated heterocycles. The Morgan fingerprint density at radius 1 is 1.40 bits per heavy atom. The van der Waals surface area contributed by atoms with Crippen LogP contribution in [-0.4, -0.2) is 29.3 Å². The molecule has 1 aromatic carbocycles. The first-order chi connectivity index (χ1) is 9.56. The summed E-state index contributed by atoms with van der Waals surface area (Å²) < 4.78 is 0. The minimum absolute atomic E-state index is 0.00762. The van der Waals surface area contributed by atoms with Crippen molar-refractivity contribution in [3.63, 3.8) is 0 Å². The lowest BCUT2D eigenvalue weighted by Gasteiger charge is -2.38. The van der Waals surface area contributed by atoms with Gasteiger partial charge in [-0.1, -0.05) is 31.2 Å². The van der Waals surface area contributed by atoms with Gasteiger partial charge >= 0.3 is 0 Å². The van der Waals surface area contributed by atoms with Gasteiger partial charge in [0.1, 0.15) is 6.04 Å². The van der Waals surface area contributed by atoms with E-state index in [1.165, 1.54) is 0 Å². The van der Waals surface area contributed by atoms with Gasteiger partial charge in [0.15, 0.2) is 0 Å². The SMILES string of the molecule is CCCNC(=O)[C@@H]1c2ccccc2CC(=O)N1C(C)C. The fourth-order valence-electron chi connectivity index (χ4n) is 2.71. The summed E-state index contributed by atoms with van der Waals surface area (Å²) in [5.41, 5.74) is 1.92. The van der Waals surface area contributed by atoms with Crippen molar-refractivity contribution in [1.82, 2.24) is 10.2 Å². The molecule has 0 spiro atoms. The smallest absolute Gasteiger partial charge is 0.247 e. The predicted molar refractivity (Wildman–Crippen MR) is 78.2 cm³/mol. The average Bonchev–Trinajstić information content (AvgIpc) is 2.42. The van der Waals surface area contributed by atoms with E-state index in [9.17, 15) is 9.59 Å². The van der Waals surface area contributed by atoms with Crippen LogP contribution in [0.15, 0.2) is 24.3 Å². The highest BCUT2D eigenvalue weighted by atomic mass is 16.2. The van der Waals surface area contributed by atoms with Crippen molar-refractivity contribution in [2.45, 2.75) is 45.7 Å². The fourth-order valence-corrected chi connectivity index (χ4v) is 2.71. The second kappa shape index (κ2) is 6.07. The first kappa shape index (κ1) is 14.6. The molecule has 2 rings (SSSR count). The summed E-state index contributed by atoms with van der Waals surface area (Å²) >= 11 is 0. The maximum atomic E-state index is 12.5. The number of nitrogens with one attached hydrogen (secondary N) is 1. The van der Waals surface area contributed by atoms with Crippen molar-refractivity contribution in [3.05, 3.63) is 35.4 Å². The summed E-state index contributed by atoms with van der Waals surface area (Å²) in [6.45, 7) is 6.55. The van der Waals surface area contributed by atoms with E-state index < -0.39 is 6.04 Å². The molecule has 0 fully saturated rings. The fraction of sp³-hybridized carbons (Fsp3) is 0.500. The van der Waals surface area contributed by atoms with Gasteiger partial charge in [0.2, 0.25) is 11.8 Å². The van der Waals surface area contributed by atoms with E-state index in [0.29, 0.717) is 13.0 Å². The van der Waals surface area contributed by atoms with Crippen LogP contribution in [0.25, 0.3) is 0 Å². The number of nitrogens with zero attached hydrogens (tertiary/aromatic N) is 1. The van der Waals surface area contributed by atoms with Crippen molar-refractivity contribution in [1.29, 1.82) is 0 Å². The lowest BCUT2D eigenvalue weighted by atomic mass is 9.90. The zero-order chi connectivity index (χ0) is 14.7. The third kappa shape index (κ3) is 2.69. The highest BCUT2D eigenvalue weighted by Crippen LogP contribution is 2.32. The maximum absolute atomic E-state index is 12.5. The highest BCUT2D eigenvalue weighted by Gasteiger charge is 2.38. The van der Waals surface area contributed by atoms with Gasteiger partial charge in [-0.15, -0.1) is 0 Å². The number of hydrogen-bond donors (Lipinski definition) is 1. The summed E-state index contributed by atoms with van der Waals surface area (Å²) in [5.74, 6) is -0.0589. The van der Waals surface area contributed by atoms with Gasteiger partial charge in [0, 0.05) is 12.6 Å². The van der Waals surface area contributed by atoms with Crippen LogP contribution >= 0.6 is 0 Å². The zero-order valence-corrected chi connectivity index (χ0v) is 12.3. The van der Waals surface area contributed by atoms with Gasteiger partial charge < -0.3 is 10.2 Å². The van der Waals surface area contributed by atoms with Gasteiger partial charge in [0.05, 0.1) is 6.42 Å². The molecule has 0 aromatic heterocycles. The van der Waals surface area contributed by atoms with Crippen molar-refractivity contribution < 1.29 is 9.59 Å². The lowest BCUT2D eigenvalue weighted by molar-refractivity contribution is -0.143. The van der Waals surface area contributed by atoms with Gasteiger partial charge in [0.25, 0.3) is 0 Å². The molecule has 0 saturated carbocycles. The number of amides is 2. The quantitative estimate of drug-likeness (QED) is 0.913. The van der Waals surface area contributed by atoms with E-state index in [2.05, 4.69) is 5.32 Å². The third-order valence-electron chi connectivity index (χ3n) is 3.61. The Balaban J connectivity index is 2.40. The Hall–Kier alpha value is -1.84. The average molecular weight is 274 g/mol. The van der Waals surface area contributed by atoms with E-state index in [1.807, 2.05) is 45.0 Å². The summed E-state index contributed by atoms with van der Waals surface area (Å²) in [7, 11) is 0. The van der Waals surface area contributed by atoms with Crippen molar-refractivity contribution in [3.8, 4) is 0 Å². The Labute approximate surface area is 120 Å². The van der Waals surface area contributed by atoms with Crippen LogP contribution in [0, 0.1) is 0 Å². The topological polar surface area (TPSA) is 49.4 Å². The van der Waals surface area contributed by atoms with Crippen molar-refractivity contribution in [2.75, 3.05) is 6.54 Å². The molecule has 1 atom stereocenters. The Kier molecular flexibility index (Phi) is 4.42. The van der Waals surface area contributed by atoms with Crippen LogP contribution in [0.1, 0.15) is 44.4 Å². The molecule has 4 heteroatoms. The molecule has 1 heterocycles. The Morgan fingerprint density at radius 3 is 2.75 bits per heavy atom. The Bertz CT molecular complexity index is 511. The number of carbonyl (C=O) groups excluding carboxylic acids is 2. The van der Waals surface area contributed by atoms with Crippen LogP contribution in [-0.2, 0) is 16.0 Å². The predicted octanol–water partition coefficient (Wildman–Crippen LogP) is 2.05. The molecule has 1 aliphatic rings. The molecule has 4 nitrogen and oxygen atoms in total. The van der Waals surface area contributed by atoms with E-state index in [1.54, 1.807) is 4.90 Å². The van der Waals surface area contributed by atoms with Gasteiger partial charge in [-0.2, -0.15) is 0 Å². The second-order valence-electron chi connectivity index (χ2n) is 5.46. The molecule has 2 amide bonds. The van der Waals surface area contributed by atoms with E-state index in [0.717, 1.165) is 17.5 Å². The van der Waals surface area contributed by atoms with Crippen molar-refractivity contribution >= 4 is 11.8 Å². The molecular formula is C16H22N2O2. The standard InChI is InChI=1S/C16H22N2O2/c1-4-9-17-16(20)15-13-8-6-5-7-12(13)10-14(19)18(15)11(2)3/h5-8,11,15H,4,9-10H2,1-3H3,(H,17,20)/t15-/m0/s1. The minimum Gasteiger partial charge on any atom is -0.354 e. The van der Waals surface area contributed by atoms with Gasteiger partial charge in [-0.3, -0.25) is 9.59 Å². The van der Waals surface area contributed by atoms with E-state index in [-0.39, 0.29) is 17.9 Å². The monoisotopic (exact) mass is 274 g/mol. The molecule has 0 radical (unpaired) electrons. The summed E-state index contributed by atoms with van der Waals surface area (Å²) in [6.07, 6.45) is 1.27.